The summed E-state index contributed by atoms with van der Waals surface area (Å²) >= 11 is 0. The minimum absolute atomic E-state index is 0.398. The van der Waals surface area contributed by atoms with E-state index in [9.17, 15) is 0 Å². The molecule has 1 heterocycles. The summed E-state index contributed by atoms with van der Waals surface area (Å²) in [6, 6.07) is 0.787. The molecule has 0 radical (unpaired) electrons. The smallest absolute Gasteiger partial charge is 0.0303 e. The lowest BCUT2D eigenvalue weighted by atomic mass is 9.90. The molecule has 0 aromatic carbocycles. The van der Waals surface area contributed by atoms with E-state index in [0.29, 0.717) is 5.54 Å². The van der Waals surface area contributed by atoms with Crippen LogP contribution < -0.4 is 5.32 Å². The van der Waals surface area contributed by atoms with Crippen molar-refractivity contribution in [3.8, 4) is 0 Å². The number of hydrogen-bond acceptors (Lipinski definition) is 2. The van der Waals surface area contributed by atoms with Crippen molar-refractivity contribution >= 4 is 0 Å². The van der Waals surface area contributed by atoms with Gasteiger partial charge in [0.05, 0.1) is 0 Å². The molecule has 1 saturated carbocycles. The Kier molecular flexibility index (Phi) is 6.35. The molecule has 2 fully saturated rings. The van der Waals surface area contributed by atoms with Crippen molar-refractivity contribution in [3.05, 3.63) is 0 Å². The average molecular weight is 281 g/mol. The molecule has 0 bridgehead atoms. The van der Waals surface area contributed by atoms with E-state index < -0.39 is 0 Å². The predicted molar refractivity (Wildman–Crippen MR) is 88.2 cm³/mol. The lowest BCUT2D eigenvalue weighted by Crippen LogP contribution is -2.63. The van der Waals surface area contributed by atoms with Crippen LogP contribution in [-0.2, 0) is 0 Å². The van der Waals surface area contributed by atoms with Crippen LogP contribution in [-0.4, -0.2) is 36.1 Å². The summed E-state index contributed by atoms with van der Waals surface area (Å²) in [5, 5.41) is 3.83. The molecule has 1 saturated heterocycles. The molecule has 0 amide bonds. The van der Waals surface area contributed by atoms with Crippen LogP contribution in [0.25, 0.3) is 0 Å². The highest BCUT2D eigenvalue weighted by Gasteiger charge is 2.41. The largest absolute Gasteiger partial charge is 0.311 e. The van der Waals surface area contributed by atoms with Gasteiger partial charge in [-0.05, 0) is 45.1 Å². The number of piperazine rings is 1. The van der Waals surface area contributed by atoms with Crippen molar-refractivity contribution in [2.75, 3.05) is 19.6 Å². The molecule has 2 atom stereocenters. The van der Waals surface area contributed by atoms with Crippen LogP contribution in [0, 0.1) is 5.92 Å². The molecule has 1 aliphatic carbocycles. The summed E-state index contributed by atoms with van der Waals surface area (Å²) in [5.74, 6) is 0.989. The number of rotatable bonds is 9. The fourth-order valence-electron chi connectivity index (χ4n) is 3.59. The SMILES string of the molecule is CCCCCCCCN1CC(C2CC2)NCC1(C)CC. The summed E-state index contributed by atoms with van der Waals surface area (Å²) < 4.78 is 0. The van der Waals surface area contributed by atoms with E-state index in [1.165, 1.54) is 77.4 Å². The van der Waals surface area contributed by atoms with E-state index in [-0.39, 0.29) is 0 Å². The normalized spacial score (nSPS) is 31.6. The number of unbranched alkanes of at least 4 members (excludes halogenated alkanes) is 5. The molecule has 2 heteroatoms. The maximum absolute atomic E-state index is 3.83. The second-order valence-corrected chi connectivity index (χ2v) is 7.39. The zero-order valence-electron chi connectivity index (χ0n) is 14.1. The van der Waals surface area contributed by atoms with Gasteiger partial charge in [0.25, 0.3) is 0 Å². The third-order valence-electron chi connectivity index (χ3n) is 5.66. The second-order valence-electron chi connectivity index (χ2n) is 7.39. The lowest BCUT2D eigenvalue weighted by Gasteiger charge is -2.48. The Morgan fingerprint density at radius 3 is 2.40 bits per heavy atom. The molecule has 2 rings (SSSR count). The number of nitrogens with zero attached hydrogens (tertiary/aromatic N) is 1. The Labute approximate surface area is 126 Å². The topological polar surface area (TPSA) is 15.3 Å². The van der Waals surface area contributed by atoms with Crippen LogP contribution in [0.2, 0.25) is 0 Å². The van der Waals surface area contributed by atoms with Gasteiger partial charge in [-0.1, -0.05) is 46.0 Å². The van der Waals surface area contributed by atoms with E-state index >= 15 is 0 Å². The summed E-state index contributed by atoms with van der Waals surface area (Å²) in [6.07, 6.45) is 12.7. The maximum atomic E-state index is 3.83. The molecule has 2 unspecified atom stereocenters. The van der Waals surface area contributed by atoms with Crippen molar-refractivity contribution < 1.29 is 0 Å². The van der Waals surface area contributed by atoms with Gasteiger partial charge in [-0.3, -0.25) is 4.90 Å². The van der Waals surface area contributed by atoms with E-state index in [4.69, 9.17) is 0 Å². The summed E-state index contributed by atoms with van der Waals surface area (Å²) in [5.41, 5.74) is 0.398. The fraction of sp³-hybridized carbons (Fsp3) is 1.00. The fourth-order valence-corrected chi connectivity index (χ4v) is 3.59. The van der Waals surface area contributed by atoms with Gasteiger partial charge >= 0.3 is 0 Å². The minimum atomic E-state index is 0.398. The molecule has 0 aromatic heterocycles. The quantitative estimate of drug-likeness (QED) is 0.637. The zero-order chi connectivity index (χ0) is 14.4. The maximum Gasteiger partial charge on any atom is 0.0303 e. The first-order chi connectivity index (χ1) is 9.69. The van der Waals surface area contributed by atoms with Gasteiger partial charge in [0.2, 0.25) is 0 Å². The van der Waals surface area contributed by atoms with Gasteiger partial charge in [0, 0.05) is 24.7 Å². The summed E-state index contributed by atoms with van der Waals surface area (Å²) in [4.78, 5) is 2.81. The monoisotopic (exact) mass is 280 g/mol. The first-order valence-corrected chi connectivity index (χ1v) is 9.18. The van der Waals surface area contributed by atoms with Gasteiger partial charge in [-0.15, -0.1) is 0 Å². The molecule has 0 aromatic rings. The Hall–Kier alpha value is -0.0800. The van der Waals surface area contributed by atoms with Gasteiger partial charge < -0.3 is 5.32 Å². The molecular weight excluding hydrogens is 244 g/mol. The average Bonchev–Trinajstić information content (AvgIpc) is 3.29. The third kappa shape index (κ3) is 4.46. The van der Waals surface area contributed by atoms with Crippen LogP contribution in [0.15, 0.2) is 0 Å². The Morgan fingerprint density at radius 2 is 1.75 bits per heavy atom. The van der Waals surface area contributed by atoms with Gasteiger partial charge in [0.15, 0.2) is 0 Å². The summed E-state index contributed by atoms with van der Waals surface area (Å²) in [6.45, 7) is 10.9. The molecule has 2 nitrogen and oxygen atoms in total. The predicted octanol–water partition coefficient (Wildman–Crippen LogP) is 4.20. The van der Waals surface area contributed by atoms with Crippen molar-refractivity contribution in [3.63, 3.8) is 0 Å². The van der Waals surface area contributed by atoms with Crippen LogP contribution >= 0.6 is 0 Å². The van der Waals surface area contributed by atoms with Crippen molar-refractivity contribution in [2.45, 2.75) is 90.1 Å². The first kappa shape index (κ1) is 16.3. The highest BCUT2D eigenvalue weighted by molar-refractivity contribution is 4.99. The number of nitrogens with one attached hydrogen (secondary N) is 1. The van der Waals surface area contributed by atoms with Crippen molar-refractivity contribution in [1.29, 1.82) is 0 Å². The minimum Gasteiger partial charge on any atom is -0.311 e. The molecule has 0 spiro atoms. The molecule has 118 valence electrons. The lowest BCUT2D eigenvalue weighted by molar-refractivity contribution is 0.0425. The Bertz CT molecular complexity index is 275. The van der Waals surface area contributed by atoms with Crippen molar-refractivity contribution in [2.24, 2.45) is 5.92 Å². The van der Waals surface area contributed by atoms with Crippen LogP contribution in [0.3, 0.4) is 0 Å². The van der Waals surface area contributed by atoms with E-state index in [1.54, 1.807) is 0 Å². The van der Waals surface area contributed by atoms with E-state index in [2.05, 4.69) is 31.0 Å². The van der Waals surface area contributed by atoms with Gasteiger partial charge in [-0.25, -0.2) is 0 Å². The van der Waals surface area contributed by atoms with E-state index in [1.807, 2.05) is 0 Å². The van der Waals surface area contributed by atoms with Crippen molar-refractivity contribution in [1.82, 2.24) is 10.2 Å². The molecule has 1 aliphatic heterocycles. The Balaban J connectivity index is 1.72. The van der Waals surface area contributed by atoms with Crippen LogP contribution in [0.5, 0.6) is 0 Å². The molecular formula is C18H36N2. The standard InChI is InChI=1S/C18H36N2/c1-4-6-7-8-9-10-13-20-14-17(16-11-12-16)19-15-18(20,3)5-2/h16-17,19H,4-15H2,1-3H3. The second kappa shape index (κ2) is 7.79. The number of hydrogen-bond donors (Lipinski definition) is 1. The third-order valence-corrected chi connectivity index (χ3v) is 5.66. The Morgan fingerprint density at radius 1 is 1.05 bits per heavy atom. The van der Waals surface area contributed by atoms with Gasteiger partial charge in [-0.2, -0.15) is 0 Å². The highest BCUT2D eigenvalue weighted by Crippen LogP contribution is 2.36. The highest BCUT2D eigenvalue weighted by atomic mass is 15.3. The zero-order valence-corrected chi connectivity index (χ0v) is 14.1. The molecule has 20 heavy (non-hydrogen) atoms. The van der Waals surface area contributed by atoms with E-state index in [0.717, 1.165) is 12.0 Å². The van der Waals surface area contributed by atoms with Crippen LogP contribution in [0.4, 0.5) is 0 Å². The van der Waals surface area contributed by atoms with Gasteiger partial charge in [0.1, 0.15) is 0 Å². The first-order valence-electron chi connectivity index (χ1n) is 9.18. The molecule has 1 N–H and O–H groups in total. The van der Waals surface area contributed by atoms with Crippen LogP contribution in [0.1, 0.15) is 78.6 Å². The summed E-state index contributed by atoms with van der Waals surface area (Å²) in [7, 11) is 0. The molecule has 2 aliphatic rings.